The monoisotopic (exact) mass is 497 g/mol. The van der Waals surface area contributed by atoms with Gasteiger partial charge in [-0.15, -0.1) is 0 Å². The van der Waals surface area contributed by atoms with Gasteiger partial charge in [-0.1, -0.05) is 67.1 Å². The molecule has 1 aromatic heterocycles. The Morgan fingerprint density at radius 2 is 1.74 bits per heavy atom. The lowest BCUT2D eigenvalue weighted by Gasteiger charge is -2.34. The lowest BCUT2D eigenvalue weighted by molar-refractivity contribution is -0.132. The van der Waals surface area contributed by atoms with Crippen molar-refractivity contribution in [3.63, 3.8) is 0 Å². The molecule has 1 atom stereocenters. The number of fused-ring (bicyclic) bond motifs is 1. The fourth-order valence-corrected chi connectivity index (χ4v) is 7.97. The van der Waals surface area contributed by atoms with Crippen LogP contribution < -0.4 is 0 Å². The minimum absolute atomic E-state index is 0.0423. The van der Waals surface area contributed by atoms with Gasteiger partial charge in [0.05, 0.1) is 28.3 Å². The fourth-order valence-electron chi connectivity index (χ4n) is 5.35. The van der Waals surface area contributed by atoms with Crippen LogP contribution in [-0.2, 0) is 27.6 Å². The second-order valence-electron chi connectivity index (χ2n) is 9.36. The number of nitrogens with zero attached hydrogens (tertiary/aromatic N) is 3. The molecular formula is C26H31N3O3S2. The highest BCUT2D eigenvalue weighted by Gasteiger charge is 2.39. The molecule has 6 nitrogen and oxygen atoms in total. The third-order valence-electron chi connectivity index (χ3n) is 7.02. The predicted molar refractivity (Wildman–Crippen MR) is 137 cm³/mol. The van der Waals surface area contributed by atoms with Crippen LogP contribution in [0.25, 0.3) is 11.0 Å². The van der Waals surface area contributed by atoms with E-state index in [9.17, 15) is 13.2 Å². The summed E-state index contributed by atoms with van der Waals surface area (Å²) in [4.78, 5) is 20.2. The summed E-state index contributed by atoms with van der Waals surface area (Å²) in [6.45, 7) is 0.786. The number of hydrogen-bond donors (Lipinski definition) is 0. The van der Waals surface area contributed by atoms with Gasteiger partial charge in [0.15, 0.2) is 15.0 Å². The van der Waals surface area contributed by atoms with E-state index in [2.05, 4.69) is 34.9 Å². The Labute approximate surface area is 205 Å². The molecular weight excluding hydrogens is 466 g/mol. The maximum absolute atomic E-state index is 13.5. The molecule has 0 radical (unpaired) electrons. The summed E-state index contributed by atoms with van der Waals surface area (Å²) in [7, 11) is -3.05. The summed E-state index contributed by atoms with van der Waals surface area (Å²) in [6, 6.07) is 18.5. The number of benzene rings is 2. The SMILES string of the molecule is O=C(CSc1nc2ccccc2n1CCc1ccccc1)N(C1CCCC1)C1CCS(=O)(=O)C1. The number of imidazole rings is 1. The first-order valence-corrected chi connectivity index (χ1v) is 14.9. The van der Waals surface area contributed by atoms with Crippen LogP contribution in [0.5, 0.6) is 0 Å². The number of carbonyl (C=O) groups excluding carboxylic acids is 1. The van der Waals surface area contributed by atoms with Crippen LogP contribution in [0.1, 0.15) is 37.7 Å². The van der Waals surface area contributed by atoms with E-state index >= 15 is 0 Å². The second kappa shape index (κ2) is 10.1. The lowest BCUT2D eigenvalue weighted by atomic mass is 10.1. The van der Waals surface area contributed by atoms with Gasteiger partial charge in [0.2, 0.25) is 5.91 Å². The lowest BCUT2D eigenvalue weighted by Crippen LogP contribution is -2.47. The van der Waals surface area contributed by atoms with Crippen LogP contribution in [0.4, 0.5) is 0 Å². The molecule has 2 aliphatic rings. The minimum atomic E-state index is -3.05. The normalized spacial score (nSPS) is 20.2. The molecule has 180 valence electrons. The number of thioether (sulfide) groups is 1. The molecule has 1 aliphatic heterocycles. The van der Waals surface area contributed by atoms with Gasteiger partial charge in [-0.25, -0.2) is 13.4 Å². The van der Waals surface area contributed by atoms with Crippen LogP contribution in [0.2, 0.25) is 0 Å². The average molecular weight is 498 g/mol. The average Bonchev–Trinajstić information content (AvgIpc) is 3.56. The predicted octanol–water partition coefficient (Wildman–Crippen LogP) is 4.33. The first-order valence-electron chi connectivity index (χ1n) is 12.1. The molecule has 0 N–H and O–H groups in total. The topological polar surface area (TPSA) is 72.3 Å². The van der Waals surface area contributed by atoms with Crippen molar-refractivity contribution in [2.75, 3.05) is 17.3 Å². The van der Waals surface area contributed by atoms with Gasteiger partial charge in [-0.05, 0) is 43.4 Å². The summed E-state index contributed by atoms with van der Waals surface area (Å²) in [5.74, 6) is 0.619. The van der Waals surface area contributed by atoms with Crippen molar-refractivity contribution < 1.29 is 13.2 Å². The van der Waals surface area contributed by atoms with E-state index in [0.29, 0.717) is 6.42 Å². The molecule has 1 unspecified atom stereocenters. The van der Waals surface area contributed by atoms with Gasteiger partial charge in [0.25, 0.3) is 0 Å². The molecule has 1 saturated carbocycles. The smallest absolute Gasteiger partial charge is 0.233 e. The molecule has 0 bridgehead atoms. The molecule has 0 spiro atoms. The van der Waals surface area contributed by atoms with E-state index in [4.69, 9.17) is 4.98 Å². The Bertz CT molecular complexity index is 1250. The summed E-state index contributed by atoms with van der Waals surface area (Å²) >= 11 is 1.47. The molecule has 8 heteroatoms. The molecule has 5 rings (SSSR count). The van der Waals surface area contributed by atoms with E-state index < -0.39 is 9.84 Å². The quantitative estimate of drug-likeness (QED) is 0.433. The second-order valence-corrected chi connectivity index (χ2v) is 12.5. The third-order valence-corrected chi connectivity index (χ3v) is 9.73. The van der Waals surface area contributed by atoms with E-state index in [0.717, 1.165) is 54.8 Å². The number of rotatable bonds is 8. The van der Waals surface area contributed by atoms with Gasteiger partial charge in [0, 0.05) is 18.6 Å². The van der Waals surface area contributed by atoms with E-state index in [-0.39, 0.29) is 35.2 Å². The van der Waals surface area contributed by atoms with Crippen molar-refractivity contribution in [2.45, 2.75) is 62.3 Å². The van der Waals surface area contributed by atoms with Gasteiger partial charge in [0.1, 0.15) is 0 Å². The number of aromatic nitrogens is 2. The van der Waals surface area contributed by atoms with Crippen LogP contribution in [0.15, 0.2) is 59.8 Å². The summed E-state index contributed by atoms with van der Waals surface area (Å²) < 4.78 is 26.5. The highest BCUT2D eigenvalue weighted by Crippen LogP contribution is 2.31. The zero-order valence-corrected chi connectivity index (χ0v) is 20.9. The fraction of sp³-hybridized carbons (Fsp3) is 0.462. The number of aryl methyl sites for hydroxylation is 2. The number of para-hydroxylation sites is 2. The molecule has 1 amide bonds. The van der Waals surface area contributed by atoms with Crippen LogP contribution in [0.3, 0.4) is 0 Å². The Kier molecular flexibility index (Phi) is 6.97. The zero-order chi connectivity index (χ0) is 23.5. The number of hydrogen-bond acceptors (Lipinski definition) is 5. The van der Waals surface area contributed by atoms with Crippen LogP contribution in [-0.4, -0.2) is 58.1 Å². The highest BCUT2D eigenvalue weighted by atomic mass is 32.2. The minimum Gasteiger partial charge on any atom is -0.335 e. The van der Waals surface area contributed by atoms with Gasteiger partial charge < -0.3 is 9.47 Å². The molecule has 2 fully saturated rings. The number of carbonyl (C=O) groups is 1. The Balaban J connectivity index is 1.34. The summed E-state index contributed by atoms with van der Waals surface area (Å²) in [6.07, 6.45) is 5.61. The van der Waals surface area contributed by atoms with Crippen molar-refractivity contribution in [3.8, 4) is 0 Å². The summed E-state index contributed by atoms with van der Waals surface area (Å²) in [5.41, 5.74) is 3.27. The molecule has 3 aromatic rings. The Morgan fingerprint density at radius 3 is 2.47 bits per heavy atom. The van der Waals surface area contributed by atoms with Crippen molar-refractivity contribution in [1.29, 1.82) is 0 Å². The largest absolute Gasteiger partial charge is 0.335 e. The first-order chi connectivity index (χ1) is 16.5. The van der Waals surface area contributed by atoms with Crippen molar-refractivity contribution in [2.24, 2.45) is 0 Å². The number of amides is 1. The van der Waals surface area contributed by atoms with E-state index in [1.54, 1.807) is 0 Å². The van der Waals surface area contributed by atoms with Crippen molar-refractivity contribution in [3.05, 3.63) is 60.2 Å². The van der Waals surface area contributed by atoms with E-state index in [1.807, 2.05) is 29.2 Å². The first kappa shape index (κ1) is 23.4. The molecule has 1 saturated heterocycles. The molecule has 2 aromatic carbocycles. The van der Waals surface area contributed by atoms with Crippen molar-refractivity contribution >= 4 is 38.5 Å². The zero-order valence-electron chi connectivity index (χ0n) is 19.3. The van der Waals surface area contributed by atoms with Crippen LogP contribution >= 0.6 is 11.8 Å². The molecule has 1 aliphatic carbocycles. The van der Waals surface area contributed by atoms with Crippen molar-refractivity contribution in [1.82, 2.24) is 14.5 Å². The molecule has 34 heavy (non-hydrogen) atoms. The molecule has 2 heterocycles. The maximum Gasteiger partial charge on any atom is 0.233 e. The van der Waals surface area contributed by atoms with E-state index in [1.165, 1.54) is 17.3 Å². The Hall–Kier alpha value is -2.32. The highest BCUT2D eigenvalue weighted by molar-refractivity contribution is 7.99. The van der Waals surface area contributed by atoms with Gasteiger partial charge in [-0.3, -0.25) is 4.79 Å². The maximum atomic E-state index is 13.5. The van der Waals surface area contributed by atoms with Gasteiger partial charge in [-0.2, -0.15) is 0 Å². The van der Waals surface area contributed by atoms with Crippen LogP contribution in [0, 0.1) is 0 Å². The summed E-state index contributed by atoms with van der Waals surface area (Å²) in [5, 5.41) is 0.843. The number of sulfone groups is 1. The Morgan fingerprint density at radius 1 is 1.00 bits per heavy atom. The van der Waals surface area contributed by atoms with Gasteiger partial charge >= 0.3 is 0 Å². The third kappa shape index (κ3) is 5.18. The standard InChI is InChI=1S/C26H31N3O3S2/c30-25(29(21-10-4-5-11-21)22-15-17-34(31,32)19-22)18-33-26-27-23-12-6-7-13-24(23)28(26)16-14-20-8-2-1-3-9-20/h1-3,6-9,12-13,21-22H,4-5,10-11,14-19H2.